The second kappa shape index (κ2) is 4.40. The van der Waals surface area contributed by atoms with Gasteiger partial charge in [0.1, 0.15) is 5.75 Å². The van der Waals surface area contributed by atoms with E-state index in [1.54, 1.807) is 7.11 Å². The Kier molecular flexibility index (Phi) is 3.16. The van der Waals surface area contributed by atoms with E-state index in [1.165, 1.54) is 0 Å². The molecule has 0 spiro atoms. The Hall–Kier alpha value is -1.49. The highest BCUT2D eigenvalue weighted by Crippen LogP contribution is 2.17. The van der Waals surface area contributed by atoms with Gasteiger partial charge in [0.15, 0.2) is 0 Å². The minimum Gasteiger partial charge on any atom is -0.496 e. The highest BCUT2D eigenvalue weighted by molar-refractivity contribution is 5.33. The Morgan fingerprint density at radius 3 is 2.83 bits per heavy atom. The van der Waals surface area contributed by atoms with Crippen LogP contribution in [0, 0.1) is 6.57 Å². The SMILES string of the molecule is [C-]#[N+]CCc1ccccc1OC. The summed E-state index contributed by atoms with van der Waals surface area (Å²) >= 11 is 0. The smallest absolute Gasteiger partial charge is 0.218 e. The average molecular weight is 161 g/mol. The molecule has 0 amide bonds. The van der Waals surface area contributed by atoms with Crippen LogP contribution >= 0.6 is 0 Å². The summed E-state index contributed by atoms with van der Waals surface area (Å²) in [7, 11) is 1.65. The van der Waals surface area contributed by atoms with Gasteiger partial charge in [-0.25, -0.2) is 6.57 Å². The third-order valence-electron chi connectivity index (χ3n) is 1.69. The average Bonchev–Trinajstić information content (AvgIpc) is 2.15. The molecular formula is C10H11NO. The molecule has 0 unspecified atom stereocenters. The summed E-state index contributed by atoms with van der Waals surface area (Å²) in [4.78, 5) is 3.30. The van der Waals surface area contributed by atoms with E-state index in [9.17, 15) is 0 Å². The van der Waals surface area contributed by atoms with Gasteiger partial charge in [0.2, 0.25) is 6.54 Å². The van der Waals surface area contributed by atoms with Crippen LogP contribution in [-0.4, -0.2) is 13.7 Å². The minimum absolute atomic E-state index is 0.528. The van der Waals surface area contributed by atoms with Gasteiger partial charge in [-0.2, -0.15) is 0 Å². The molecule has 62 valence electrons. The first-order valence-electron chi connectivity index (χ1n) is 3.83. The third kappa shape index (κ3) is 2.00. The summed E-state index contributed by atoms with van der Waals surface area (Å²) in [5.74, 6) is 0.876. The van der Waals surface area contributed by atoms with Gasteiger partial charge in [0, 0.05) is 12.0 Å². The van der Waals surface area contributed by atoms with Gasteiger partial charge in [0.05, 0.1) is 7.11 Å². The molecule has 0 heterocycles. The first-order valence-corrected chi connectivity index (χ1v) is 3.83. The number of benzene rings is 1. The van der Waals surface area contributed by atoms with Crippen molar-refractivity contribution in [2.24, 2.45) is 0 Å². The lowest BCUT2D eigenvalue weighted by Gasteiger charge is -2.04. The van der Waals surface area contributed by atoms with Crippen molar-refractivity contribution in [1.82, 2.24) is 0 Å². The number of rotatable bonds is 3. The van der Waals surface area contributed by atoms with Crippen LogP contribution in [-0.2, 0) is 6.42 Å². The molecule has 0 saturated carbocycles. The number of para-hydroxylation sites is 1. The Bertz CT molecular complexity index is 288. The lowest BCUT2D eigenvalue weighted by Crippen LogP contribution is -1.92. The van der Waals surface area contributed by atoms with Crippen molar-refractivity contribution < 1.29 is 4.74 Å². The molecule has 1 rings (SSSR count). The van der Waals surface area contributed by atoms with E-state index >= 15 is 0 Å². The Morgan fingerprint density at radius 1 is 1.42 bits per heavy atom. The highest BCUT2D eigenvalue weighted by atomic mass is 16.5. The summed E-state index contributed by atoms with van der Waals surface area (Å²) in [6, 6.07) is 7.80. The fourth-order valence-electron chi connectivity index (χ4n) is 1.09. The Balaban J connectivity index is 2.76. The van der Waals surface area contributed by atoms with Crippen molar-refractivity contribution in [1.29, 1.82) is 0 Å². The van der Waals surface area contributed by atoms with Crippen LogP contribution in [0.4, 0.5) is 0 Å². The van der Waals surface area contributed by atoms with Crippen LogP contribution in [0.5, 0.6) is 5.75 Å². The van der Waals surface area contributed by atoms with Gasteiger partial charge in [-0.15, -0.1) is 0 Å². The van der Waals surface area contributed by atoms with Gasteiger partial charge >= 0.3 is 0 Å². The molecule has 0 aliphatic carbocycles. The lowest BCUT2D eigenvalue weighted by atomic mass is 10.1. The van der Waals surface area contributed by atoms with Crippen molar-refractivity contribution in [3.05, 3.63) is 41.2 Å². The molecule has 0 aromatic heterocycles. The molecule has 1 aromatic rings. The maximum atomic E-state index is 6.66. The maximum absolute atomic E-state index is 6.66. The molecule has 0 N–H and O–H groups in total. The summed E-state index contributed by atoms with van der Waals surface area (Å²) in [6.45, 7) is 7.19. The standard InChI is InChI=1S/C10H11NO/c1-11-8-7-9-5-3-4-6-10(9)12-2/h3-6H,7-8H2,2H3. The maximum Gasteiger partial charge on any atom is 0.218 e. The first-order chi connectivity index (χ1) is 5.88. The van der Waals surface area contributed by atoms with Gasteiger partial charge in [-0.3, -0.25) is 0 Å². The molecule has 12 heavy (non-hydrogen) atoms. The monoisotopic (exact) mass is 161 g/mol. The van der Waals surface area contributed by atoms with E-state index in [2.05, 4.69) is 4.85 Å². The van der Waals surface area contributed by atoms with Crippen molar-refractivity contribution >= 4 is 0 Å². The van der Waals surface area contributed by atoms with Crippen molar-refractivity contribution in [2.45, 2.75) is 6.42 Å². The van der Waals surface area contributed by atoms with Crippen molar-refractivity contribution in [3.63, 3.8) is 0 Å². The van der Waals surface area contributed by atoms with E-state index in [1.807, 2.05) is 24.3 Å². The summed E-state index contributed by atoms with van der Waals surface area (Å²) in [6.07, 6.45) is 0.771. The predicted octanol–water partition coefficient (Wildman–Crippen LogP) is 2.16. The number of methoxy groups -OCH3 is 1. The molecule has 0 fully saturated rings. The summed E-state index contributed by atoms with van der Waals surface area (Å²) in [5.41, 5.74) is 1.11. The molecule has 0 atom stereocenters. The van der Waals surface area contributed by atoms with Crippen LogP contribution in [0.25, 0.3) is 4.85 Å². The zero-order valence-corrected chi connectivity index (χ0v) is 7.08. The normalized spacial score (nSPS) is 9.00. The van der Waals surface area contributed by atoms with Crippen molar-refractivity contribution in [2.75, 3.05) is 13.7 Å². The van der Waals surface area contributed by atoms with Crippen LogP contribution in [0.1, 0.15) is 5.56 Å². The van der Waals surface area contributed by atoms with Crippen LogP contribution in [0.2, 0.25) is 0 Å². The van der Waals surface area contributed by atoms with Gasteiger partial charge < -0.3 is 9.58 Å². The summed E-state index contributed by atoms with van der Waals surface area (Å²) < 4.78 is 5.14. The Labute approximate surface area is 72.6 Å². The number of hydrogen-bond donors (Lipinski definition) is 0. The van der Waals surface area contributed by atoms with Gasteiger partial charge in [-0.1, -0.05) is 18.2 Å². The molecule has 0 saturated heterocycles. The summed E-state index contributed by atoms with van der Waals surface area (Å²) in [5, 5.41) is 0. The third-order valence-corrected chi connectivity index (χ3v) is 1.69. The molecule has 0 radical (unpaired) electrons. The largest absolute Gasteiger partial charge is 0.496 e. The quantitative estimate of drug-likeness (QED) is 0.619. The molecule has 1 aromatic carbocycles. The first kappa shape index (κ1) is 8.61. The fraction of sp³-hybridized carbons (Fsp3) is 0.300. The molecule has 2 heteroatoms. The minimum atomic E-state index is 0.528. The molecule has 2 nitrogen and oxygen atoms in total. The fourth-order valence-corrected chi connectivity index (χ4v) is 1.09. The topological polar surface area (TPSA) is 13.6 Å². The van der Waals surface area contributed by atoms with E-state index in [0.29, 0.717) is 6.54 Å². The molecular weight excluding hydrogens is 150 g/mol. The molecule has 0 aliphatic rings. The number of ether oxygens (including phenoxy) is 1. The predicted molar refractivity (Wildman–Crippen MR) is 48.2 cm³/mol. The second-order valence-electron chi connectivity index (χ2n) is 2.44. The number of nitrogens with zero attached hydrogens (tertiary/aromatic N) is 1. The van der Waals surface area contributed by atoms with Crippen LogP contribution < -0.4 is 4.74 Å². The van der Waals surface area contributed by atoms with Gasteiger partial charge in [-0.05, 0) is 6.07 Å². The van der Waals surface area contributed by atoms with E-state index in [4.69, 9.17) is 11.3 Å². The van der Waals surface area contributed by atoms with Gasteiger partial charge in [0.25, 0.3) is 0 Å². The van der Waals surface area contributed by atoms with E-state index in [-0.39, 0.29) is 0 Å². The van der Waals surface area contributed by atoms with E-state index < -0.39 is 0 Å². The molecule has 0 aliphatic heterocycles. The Morgan fingerprint density at radius 2 is 2.17 bits per heavy atom. The number of hydrogen-bond acceptors (Lipinski definition) is 1. The van der Waals surface area contributed by atoms with Crippen LogP contribution in [0.15, 0.2) is 24.3 Å². The van der Waals surface area contributed by atoms with Crippen LogP contribution in [0.3, 0.4) is 0 Å². The van der Waals surface area contributed by atoms with Crippen molar-refractivity contribution in [3.8, 4) is 5.75 Å². The second-order valence-corrected chi connectivity index (χ2v) is 2.44. The van der Waals surface area contributed by atoms with E-state index in [0.717, 1.165) is 17.7 Å². The zero-order valence-electron chi connectivity index (χ0n) is 7.08. The molecule has 0 bridgehead atoms. The zero-order chi connectivity index (χ0) is 8.81. The lowest BCUT2D eigenvalue weighted by molar-refractivity contribution is 0.410. The highest BCUT2D eigenvalue weighted by Gasteiger charge is 2.01.